The van der Waals surface area contributed by atoms with Crippen LogP contribution in [0.1, 0.15) is 22.3 Å². The third kappa shape index (κ3) is 3.83. The third-order valence-electron chi connectivity index (χ3n) is 4.27. The van der Waals surface area contributed by atoms with Crippen LogP contribution >= 0.6 is 23.4 Å². The second-order valence-electron chi connectivity index (χ2n) is 5.99. The van der Waals surface area contributed by atoms with E-state index in [9.17, 15) is 9.59 Å². The van der Waals surface area contributed by atoms with Crippen molar-refractivity contribution in [3.63, 3.8) is 0 Å². The molecule has 6 heteroatoms. The molecule has 0 saturated carbocycles. The van der Waals surface area contributed by atoms with Crippen LogP contribution in [-0.4, -0.2) is 30.7 Å². The van der Waals surface area contributed by atoms with Gasteiger partial charge in [-0.25, -0.2) is 0 Å². The van der Waals surface area contributed by atoms with Crippen LogP contribution in [0.25, 0.3) is 0 Å². The average Bonchev–Trinajstić information content (AvgIpc) is 2.96. The Balaban J connectivity index is 1.72. The zero-order valence-corrected chi connectivity index (χ0v) is 15.7. The quantitative estimate of drug-likeness (QED) is 0.825. The molecule has 1 aliphatic rings. The van der Waals surface area contributed by atoms with Gasteiger partial charge < -0.3 is 10.2 Å². The SMILES string of the molecule is CSc1ccc(Cl)c(C(=O)N[C@@H]2CCN(c3ccc(C)cc3)C2=O)c1. The molecule has 2 aromatic carbocycles. The van der Waals surface area contributed by atoms with E-state index in [0.29, 0.717) is 23.6 Å². The van der Waals surface area contributed by atoms with E-state index in [2.05, 4.69) is 5.32 Å². The molecule has 1 N–H and O–H groups in total. The topological polar surface area (TPSA) is 49.4 Å². The zero-order valence-electron chi connectivity index (χ0n) is 14.1. The molecule has 25 heavy (non-hydrogen) atoms. The Labute approximate surface area is 156 Å². The molecule has 1 atom stereocenters. The first-order valence-corrected chi connectivity index (χ1v) is 9.62. The minimum absolute atomic E-state index is 0.0886. The smallest absolute Gasteiger partial charge is 0.253 e. The van der Waals surface area contributed by atoms with Gasteiger partial charge in [0.25, 0.3) is 5.91 Å². The molecule has 0 unspecified atom stereocenters. The van der Waals surface area contributed by atoms with E-state index in [-0.39, 0.29) is 11.8 Å². The van der Waals surface area contributed by atoms with Gasteiger partial charge in [-0.1, -0.05) is 29.3 Å². The van der Waals surface area contributed by atoms with E-state index in [1.165, 1.54) is 11.8 Å². The minimum atomic E-state index is -0.525. The molecule has 0 aliphatic carbocycles. The van der Waals surface area contributed by atoms with Gasteiger partial charge in [0.1, 0.15) is 6.04 Å². The van der Waals surface area contributed by atoms with Crippen molar-refractivity contribution in [2.75, 3.05) is 17.7 Å². The molecule has 1 fully saturated rings. The van der Waals surface area contributed by atoms with E-state index in [0.717, 1.165) is 16.1 Å². The van der Waals surface area contributed by atoms with Crippen LogP contribution in [0.15, 0.2) is 47.4 Å². The van der Waals surface area contributed by atoms with Crippen molar-refractivity contribution in [3.8, 4) is 0 Å². The number of halogens is 1. The molecule has 130 valence electrons. The van der Waals surface area contributed by atoms with Crippen LogP contribution in [0.4, 0.5) is 5.69 Å². The summed E-state index contributed by atoms with van der Waals surface area (Å²) < 4.78 is 0. The number of thioether (sulfide) groups is 1. The summed E-state index contributed by atoms with van der Waals surface area (Å²) >= 11 is 7.68. The summed E-state index contributed by atoms with van der Waals surface area (Å²) in [6.07, 6.45) is 2.52. The Morgan fingerprint density at radius 1 is 1.24 bits per heavy atom. The lowest BCUT2D eigenvalue weighted by Gasteiger charge is -2.17. The predicted octanol–water partition coefficient (Wildman–Crippen LogP) is 3.91. The minimum Gasteiger partial charge on any atom is -0.340 e. The number of carbonyl (C=O) groups is 2. The first-order valence-electron chi connectivity index (χ1n) is 8.02. The number of amides is 2. The van der Waals surface area contributed by atoms with Crippen molar-refractivity contribution < 1.29 is 9.59 Å². The molecule has 0 bridgehead atoms. The molecule has 1 saturated heterocycles. The van der Waals surface area contributed by atoms with Crippen molar-refractivity contribution >= 4 is 40.9 Å². The Bertz CT molecular complexity index is 808. The number of rotatable bonds is 4. The number of hydrogen-bond acceptors (Lipinski definition) is 3. The summed E-state index contributed by atoms with van der Waals surface area (Å²) in [6.45, 7) is 2.59. The molecule has 2 amide bonds. The van der Waals surface area contributed by atoms with Gasteiger partial charge in [0.2, 0.25) is 5.91 Å². The maximum absolute atomic E-state index is 12.6. The molecule has 0 spiro atoms. The Morgan fingerprint density at radius 2 is 1.96 bits per heavy atom. The molecular weight excluding hydrogens is 356 g/mol. The van der Waals surface area contributed by atoms with E-state index in [4.69, 9.17) is 11.6 Å². The number of hydrogen-bond donors (Lipinski definition) is 1. The highest BCUT2D eigenvalue weighted by molar-refractivity contribution is 7.98. The van der Waals surface area contributed by atoms with Gasteiger partial charge in [0, 0.05) is 17.1 Å². The fourth-order valence-electron chi connectivity index (χ4n) is 2.84. The van der Waals surface area contributed by atoms with Gasteiger partial charge in [0.05, 0.1) is 10.6 Å². The van der Waals surface area contributed by atoms with E-state index in [1.54, 1.807) is 17.0 Å². The number of anilines is 1. The normalized spacial score (nSPS) is 17.0. The third-order valence-corrected chi connectivity index (χ3v) is 5.33. The Morgan fingerprint density at radius 3 is 2.64 bits per heavy atom. The van der Waals surface area contributed by atoms with Crippen molar-refractivity contribution in [1.82, 2.24) is 5.32 Å². The number of nitrogens with zero attached hydrogens (tertiary/aromatic N) is 1. The van der Waals surface area contributed by atoms with Gasteiger partial charge >= 0.3 is 0 Å². The van der Waals surface area contributed by atoms with Gasteiger partial charge in [-0.15, -0.1) is 11.8 Å². The summed E-state index contributed by atoms with van der Waals surface area (Å²) in [4.78, 5) is 27.9. The summed E-state index contributed by atoms with van der Waals surface area (Å²) in [7, 11) is 0. The highest BCUT2D eigenvalue weighted by Crippen LogP contribution is 2.25. The summed E-state index contributed by atoms with van der Waals surface area (Å²) in [5.41, 5.74) is 2.40. The predicted molar refractivity (Wildman–Crippen MR) is 103 cm³/mol. The second kappa shape index (κ2) is 7.50. The molecule has 3 rings (SSSR count). The standard InChI is InChI=1S/C19H19ClN2O2S/c1-12-3-5-13(6-4-12)22-10-9-17(19(22)24)21-18(23)15-11-14(25-2)7-8-16(15)20/h3-8,11,17H,9-10H2,1-2H3,(H,21,23)/t17-/m1/s1. The van der Waals surface area contributed by atoms with Crippen LogP contribution in [0, 0.1) is 6.92 Å². The fraction of sp³-hybridized carbons (Fsp3) is 0.263. The van der Waals surface area contributed by atoms with Crippen molar-refractivity contribution in [2.24, 2.45) is 0 Å². The first-order chi connectivity index (χ1) is 12.0. The van der Waals surface area contributed by atoms with Gasteiger partial charge in [-0.2, -0.15) is 0 Å². The van der Waals surface area contributed by atoms with E-state index >= 15 is 0 Å². The van der Waals surface area contributed by atoms with E-state index in [1.807, 2.05) is 43.5 Å². The van der Waals surface area contributed by atoms with Crippen LogP contribution < -0.4 is 10.2 Å². The van der Waals surface area contributed by atoms with E-state index < -0.39 is 6.04 Å². The Hall–Kier alpha value is -1.98. The number of nitrogens with one attached hydrogen (secondary N) is 1. The largest absolute Gasteiger partial charge is 0.340 e. The van der Waals surface area contributed by atoms with Crippen LogP contribution in [0.5, 0.6) is 0 Å². The molecule has 2 aromatic rings. The summed E-state index contributed by atoms with van der Waals surface area (Å²) in [5.74, 6) is -0.403. The van der Waals surface area contributed by atoms with Gasteiger partial charge in [-0.05, 0) is 49.9 Å². The monoisotopic (exact) mass is 374 g/mol. The van der Waals surface area contributed by atoms with Gasteiger partial charge in [-0.3, -0.25) is 9.59 Å². The zero-order chi connectivity index (χ0) is 18.0. The van der Waals surface area contributed by atoms with Crippen molar-refractivity contribution in [1.29, 1.82) is 0 Å². The average molecular weight is 375 g/mol. The van der Waals surface area contributed by atoms with Crippen LogP contribution in [0.3, 0.4) is 0 Å². The number of carbonyl (C=O) groups excluding carboxylic acids is 2. The van der Waals surface area contributed by atoms with Crippen LogP contribution in [0.2, 0.25) is 5.02 Å². The highest BCUT2D eigenvalue weighted by atomic mass is 35.5. The number of benzene rings is 2. The summed E-state index contributed by atoms with van der Waals surface area (Å²) in [6, 6.07) is 12.6. The Kier molecular flexibility index (Phi) is 5.35. The molecule has 1 heterocycles. The molecule has 4 nitrogen and oxygen atoms in total. The van der Waals surface area contributed by atoms with Crippen molar-refractivity contribution in [2.45, 2.75) is 24.3 Å². The molecule has 0 aromatic heterocycles. The maximum atomic E-state index is 12.6. The lowest BCUT2D eigenvalue weighted by molar-refractivity contribution is -0.118. The lowest BCUT2D eigenvalue weighted by atomic mass is 10.1. The summed E-state index contributed by atoms with van der Waals surface area (Å²) in [5, 5.41) is 3.21. The lowest BCUT2D eigenvalue weighted by Crippen LogP contribution is -2.41. The maximum Gasteiger partial charge on any atom is 0.253 e. The number of aryl methyl sites for hydroxylation is 1. The van der Waals surface area contributed by atoms with Gasteiger partial charge in [0.15, 0.2) is 0 Å². The second-order valence-corrected chi connectivity index (χ2v) is 7.27. The molecule has 1 aliphatic heterocycles. The molecular formula is C19H19ClN2O2S. The first kappa shape index (κ1) is 17.8. The fourth-order valence-corrected chi connectivity index (χ4v) is 3.48. The van der Waals surface area contributed by atoms with Crippen molar-refractivity contribution in [3.05, 3.63) is 58.6 Å². The van der Waals surface area contributed by atoms with Crippen LogP contribution in [-0.2, 0) is 4.79 Å². The highest BCUT2D eigenvalue weighted by Gasteiger charge is 2.34. The molecule has 0 radical (unpaired) electrons.